The molecule has 0 N–H and O–H groups in total. The van der Waals surface area contributed by atoms with Crippen molar-refractivity contribution in [1.29, 1.82) is 0 Å². The molecule has 1 aromatic rings. The van der Waals surface area contributed by atoms with E-state index < -0.39 is 0 Å². The van der Waals surface area contributed by atoms with Crippen LogP contribution in [-0.4, -0.2) is 43.7 Å². The first-order chi connectivity index (χ1) is 15.0. The van der Waals surface area contributed by atoms with Crippen LogP contribution in [0.3, 0.4) is 0 Å². The van der Waals surface area contributed by atoms with E-state index in [-0.39, 0.29) is 0 Å². The van der Waals surface area contributed by atoms with E-state index in [0.717, 1.165) is 36.7 Å². The van der Waals surface area contributed by atoms with Crippen molar-refractivity contribution in [2.45, 2.75) is 91.5 Å². The van der Waals surface area contributed by atoms with E-state index in [2.05, 4.69) is 61.8 Å². The molecule has 2 aliphatic rings. The monoisotopic (exact) mass is 428 g/mol. The molecule has 1 saturated heterocycles. The first-order valence-electron chi connectivity index (χ1n) is 13.2. The molecule has 0 bridgehead atoms. The van der Waals surface area contributed by atoms with Gasteiger partial charge in [-0.1, -0.05) is 47.0 Å². The fraction of sp³-hybridized carbons (Fsp3) is 0.786. The summed E-state index contributed by atoms with van der Waals surface area (Å²) in [5, 5.41) is 0. The van der Waals surface area contributed by atoms with E-state index in [0.29, 0.717) is 6.04 Å². The third-order valence-corrected chi connectivity index (χ3v) is 7.35. The molecule has 3 nitrogen and oxygen atoms in total. The Morgan fingerprint density at radius 1 is 0.871 bits per heavy atom. The Morgan fingerprint density at radius 2 is 1.52 bits per heavy atom. The maximum atomic E-state index is 6.16. The van der Waals surface area contributed by atoms with Gasteiger partial charge >= 0.3 is 0 Å². The normalized spacial score (nSPS) is 19.3. The lowest BCUT2D eigenvalue weighted by molar-refractivity contribution is 0.198. The van der Waals surface area contributed by atoms with Gasteiger partial charge < -0.3 is 14.5 Å². The average molecular weight is 429 g/mol. The second-order valence-corrected chi connectivity index (χ2v) is 10.9. The van der Waals surface area contributed by atoms with Crippen LogP contribution in [0, 0.1) is 17.8 Å². The topological polar surface area (TPSA) is 15.7 Å². The summed E-state index contributed by atoms with van der Waals surface area (Å²) in [6, 6.07) is 9.70. The summed E-state index contributed by atoms with van der Waals surface area (Å²) >= 11 is 0. The first-order valence-corrected chi connectivity index (χ1v) is 13.2. The fourth-order valence-electron chi connectivity index (χ4n) is 5.12. The van der Waals surface area contributed by atoms with E-state index in [1.54, 1.807) is 0 Å². The molecule has 0 amide bonds. The van der Waals surface area contributed by atoms with E-state index in [4.69, 9.17) is 4.74 Å². The zero-order valence-electron chi connectivity index (χ0n) is 20.8. The van der Waals surface area contributed by atoms with Crippen molar-refractivity contribution in [2.75, 3.05) is 37.7 Å². The SMILES string of the molecule is CC(C)CCN1CCC(N(CCC(C)C)c2ccc(OCC3CCCCC3)cc2)CC1. The molecule has 0 unspecified atom stereocenters. The van der Waals surface area contributed by atoms with Gasteiger partial charge in [-0.25, -0.2) is 0 Å². The Bertz CT molecular complexity index is 598. The van der Waals surface area contributed by atoms with Crippen LogP contribution in [0.25, 0.3) is 0 Å². The highest BCUT2D eigenvalue weighted by Gasteiger charge is 2.25. The number of anilines is 1. The maximum absolute atomic E-state index is 6.16. The summed E-state index contributed by atoms with van der Waals surface area (Å²) in [6.45, 7) is 15.2. The predicted molar refractivity (Wildman–Crippen MR) is 134 cm³/mol. The van der Waals surface area contributed by atoms with E-state index in [1.807, 2.05) is 0 Å². The molecule has 1 aliphatic heterocycles. The maximum Gasteiger partial charge on any atom is 0.119 e. The van der Waals surface area contributed by atoms with Crippen molar-refractivity contribution >= 4 is 5.69 Å². The van der Waals surface area contributed by atoms with Gasteiger partial charge in [0.2, 0.25) is 0 Å². The Kier molecular flexibility index (Phi) is 10.0. The van der Waals surface area contributed by atoms with Gasteiger partial charge in [-0.15, -0.1) is 0 Å². The van der Waals surface area contributed by atoms with Gasteiger partial charge in [0.15, 0.2) is 0 Å². The summed E-state index contributed by atoms with van der Waals surface area (Å²) in [5.74, 6) is 3.35. The Labute approximate surface area is 192 Å². The number of nitrogens with zero attached hydrogens (tertiary/aromatic N) is 2. The number of hydrogen-bond acceptors (Lipinski definition) is 3. The highest BCUT2D eigenvalue weighted by molar-refractivity contribution is 5.50. The number of piperidine rings is 1. The Hall–Kier alpha value is -1.22. The average Bonchev–Trinajstić information content (AvgIpc) is 2.78. The van der Waals surface area contributed by atoms with Gasteiger partial charge in [0, 0.05) is 31.4 Å². The molecule has 3 heteroatoms. The van der Waals surface area contributed by atoms with Crippen LogP contribution < -0.4 is 9.64 Å². The molecule has 0 radical (unpaired) electrons. The second-order valence-electron chi connectivity index (χ2n) is 10.9. The smallest absolute Gasteiger partial charge is 0.119 e. The second kappa shape index (κ2) is 12.7. The molecule has 1 aromatic carbocycles. The van der Waals surface area contributed by atoms with E-state index in [9.17, 15) is 0 Å². The molecule has 1 aliphatic carbocycles. The first kappa shape index (κ1) is 24.4. The molecule has 0 atom stereocenters. The van der Waals surface area contributed by atoms with Gasteiger partial charge in [-0.05, 0) is 87.1 Å². The van der Waals surface area contributed by atoms with Crippen molar-refractivity contribution < 1.29 is 4.74 Å². The fourth-order valence-corrected chi connectivity index (χ4v) is 5.12. The van der Waals surface area contributed by atoms with Gasteiger partial charge in [0.25, 0.3) is 0 Å². The van der Waals surface area contributed by atoms with Crippen molar-refractivity contribution in [1.82, 2.24) is 4.90 Å². The number of likely N-dealkylation sites (tertiary alicyclic amines) is 1. The number of ether oxygens (including phenoxy) is 1. The van der Waals surface area contributed by atoms with Crippen molar-refractivity contribution in [3.8, 4) is 5.75 Å². The third-order valence-electron chi connectivity index (χ3n) is 7.35. The number of benzene rings is 1. The Morgan fingerprint density at radius 3 is 2.13 bits per heavy atom. The molecular weight excluding hydrogens is 380 g/mol. The summed E-state index contributed by atoms with van der Waals surface area (Å²) < 4.78 is 6.16. The summed E-state index contributed by atoms with van der Waals surface area (Å²) in [7, 11) is 0. The summed E-state index contributed by atoms with van der Waals surface area (Å²) in [4.78, 5) is 5.38. The highest BCUT2D eigenvalue weighted by atomic mass is 16.5. The lowest BCUT2D eigenvalue weighted by Gasteiger charge is -2.40. The largest absolute Gasteiger partial charge is 0.493 e. The molecule has 176 valence electrons. The Balaban J connectivity index is 1.55. The minimum Gasteiger partial charge on any atom is -0.493 e. The molecule has 0 spiro atoms. The van der Waals surface area contributed by atoms with Crippen LogP contribution in [-0.2, 0) is 0 Å². The lowest BCUT2D eigenvalue weighted by atomic mass is 9.90. The molecular formula is C28H48N2O. The van der Waals surface area contributed by atoms with Gasteiger partial charge in [-0.3, -0.25) is 0 Å². The van der Waals surface area contributed by atoms with Crippen LogP contribution in [0.1, 0.15) is 85.5 Å². The summed E-state index contributed by atoms with van der Waals surface area (Å²) in [6.07, 6.45) is 12.0. The van der Waals surface area contributed by atoms with Crippen LogP contribution in [0.2, 0.25) is 0 Å². The minimum absolute atomic E-state index is 0.669. The van der Waals surface area contributed by atoms with Gasteiger partial charge in [0.05, 0.1) is 6.61 Å². The number of hydrogen-bond donors (Lipinski definition) is 0. The zero-order chi connectivity index (χ0) is 22.1. The van der Waals surface area contributed by atoms with Gasteiger partial charge in [0.1, 0.15) is 5.75 Å². The van der Waals surface area contributed by atoms with Crippen LogP contribution in [0.4, 0.5) is 5.69 Å². The molecule has 3 rings (SSSR count). The van der Waals surface area contributed by atoms with E-state index >= 15 is 0 Å². The molecule has 31 heavy (non-hydrogen) atoms. The van der Waals surface area contributed by atoms with E-state index in [1.165, 1.54) is 83.1 Å². The molecule has 1 saturated carbocycles. The quantitative estimate of drug-likeness (QED) is 0.377. The standard InChI is InChI=1S/C28H48N2O/c1-23(2)14-18-29-19-16-27(17-20-29)30(21-15-24(3)4)26-10-12-28(13-11-26)31-22-25-8-6-5-7-9-25/h10-13,23-25,27H,5-9,14-22H2,1-4H3. The third kappa shape index (κ3) is 8.33. The van der Waals surface area contributed by atoms with Crippen molar-refractivity contribution in [2.24, 2.45) is 17.8 Å². The number of rotatable bonds is 11. The predicted octanol–water partition coefficient (Wildman–Crippen LogP) is 7.01. The minimum atomic E-state index is 0.669. The molecule has 2 fully saturated rings. The van der Waals surface area contributed by atoms with Gasteiger partial charge in [-0.2, -0.15) is 0 Å². The molecule has 1 heterocycles. The van der Waals surface area contributed by atoms with Crippen molar-refractivity contribution in [3.05, 3.63) is 24.3 Å². The van der Waals surface area contributed by atoms with Crippen LogP contribution >= 0.6 is 0 Å². The molecule has 0 aromatic heterocycles. The lowest BCUT2D eigenvalue weighted by Crippen LogP contribution is -2.46. The highest BCUT2D eigenvalue weighted by Crippen LogP contribution is 2.28. The van der Waals surface area contributed by atoms with Crippen LogP contribution in [0.15, 0.2) is 24.3 Å². The van der Waals surface area contributed by atoms with Crippen molar-refractivity contribution in [3.63, 3.8) is 0 Å². The zero-order valence-corrected chi connectivity index (χ0v) is 20.8. The van der Waals surface area contributed by atoms with Crippen LogP contribution in [0.5, 0.6) is 5.75 Å². The summed E-state index contributed by atoms with van der Waals surface area (Å²) in [5.41, 5.74) is 1.38.